The Morgan fingerprint density at radius 3 is 2.50 bits per heavy atom. The standard InChI is InChI=1S/C14H13N3O2S/c1-10-7-8-13(11(2)16-10)17-20(18,19)14-6-4-3-5-12(14)9-15/h3-8,17H,1-2H3. The third-order valence-corrected chi connectivity index (χ3v) is 4.19. The van der Waals surface area contributed by atoms with E-state index in [1.807, 2.05) is 13.0 Å². The van der Waals surface area contributed by atoms with Crippen LogP contribution in [0.15, 0.2) is 41.3 Å². The minimum Gasteiger partial charge on any atom is -0.278 e. The molecule has 0 spiro atoms. The van der Waals surface area contributed by atoms with Crippen molar-refractivity contribution in [2.75, 3.05) is 4.72 Å². The highest BCUT2D eigenvalue weighted by Gasteiger charge is 2.19. The van der Waals surface area contributed by atoms with Crippen molar-refractivity contribution in [1.29, 1.82) is 5.26 Å². The van der Waals surface area contributed by atoms with Crippen LogP contribution in [-0.4, -0.2) is 13.4 Å². The molecule has 102 valence electrons. The molecule has 5 nitrogen and oxygen atoms in total. The lowest BCUT2D eigenvalue weighted by molar-refractivity contribution is 0.601. The second kappa shape index (κ2) is 5.31. The number of sulfonamides is 1. The predicted octanol–water partition coefficient (Wildman–Crippen LogP) is 2.37. The molecule has 2 aromatic rings. The fourth-order valence-electron chi connectivity index (χ4n) is 1.79. The average molecular weight is 287 g/mol. The molecule has 0 amide bonds. The Bertz CT molecular complexity index is 792. The van der Waals surface area contributed by atoms with Crippen LogP contribution in [0.5, 0.6) is 0 Å². The Kier molecular flexibility index (Phi) is 3.72. The summed E-state index contributed by atoms with van der Waals surface area (Å²) in [5, 5.41) is 8.98. The Labute approximate surface area is 118 Å². The fraction of sp³-hybridized carbons (Fsp3) is 0.143. The van der Waals surface area contributed by atoms with E-state index in [0.717, 1.165) is 5.69 Å². The van der Waals surface area contributed by atoms with Gasteiger partial charge < -0.3 is 0 Å². The first-order valence-corrected chi connectivity index (χ1v) is 7.38. The first-order valence-electron chi connectivity index (χ1n) is 5.90. The number of hydrogen-bond donors (Lipinski definition) is 1. The second-order valence-electron chi connectivity index (χ2n) is 4.30. The number of hydrogen-bond acceptors (Lipinski definition) is 4. The van der Waals surface area contributed by atoms with Crippen LogP contribution in [0.3, 0.4) is 0 Å². The lowest BCUT2D eigenvalue weighted by Gasteiger charge is -2.11. The Balaban J connectivity index is 2.44. The van der Waals surface area contributed by atoms with E-state index < -0.39 is 10.0 Å². The minimum atomic E-state index is -3.80. The van der Waals surface area contributed by atoms with Gasteiger partial charge >= 0.3 is 0 Å². The fourth-order valence-corrected chi connectivity index (χ4v) is 3.06. The molecule has 1 N–H and O–H groups in total. The molecule has 0 saturated carbocycles. The van der Waals surface area contributed by atoms with Gasteiger partial charge in [-0.25, -0.2) is 8.42 Å². The van der Waals surface area contributed by atoms with Gasteiger partial charge in [-0.15, -0.1) is 0 Å². The molecule has 20 heavy (non-hydrogen) atoms. The van der Waals surface area contributed by atoms with Gasteiger partial charge in [0.15, 0.2) is 0 Å². The zero-order valence-electron chi connectivity index (χ0n) is 11.1. The van der Waals surface area contributed by atoms with E-state index >= 15 is 0 Å². The zero-order valence-corrected chi connectivity index (χ0v) is 11.9. The smallest absolute Gasteiger partial charge is 0.263 e. The summed E-state index contributed by atoms with van der Waals surface area (Å²) in [4.78, 5) is 4.16. The first-order chi connectivity index (χ1) is 9.44. The number of benzene rings is 1. The minimum absolute atomic E-state index is 0.0394. The topological polar surface area (TPSA) is 82.9 Å². The van der Waals surface area contributed by atoms with E-state index in [9.17, 15) is 8.42 Å². The number of pyridine rings is 1. The van der Waals surface area contributed by atoms with Gasteiger partial charge in [-0.3, -0.25) is 9.71 Å². The van der Waals surface area contributed by atoms with Gasteiger partial charge in [0.2, 0.25) is 0 Å². The van der Waals surface area contributed by atoms with E-state index in [1.165, 1.54) is 12.1 Å². The third kappa shape index (κ3) is 2.78. The average Bonchev–Trinajstić information content (AvgIpc) is 2.42. The van der Waals surface area contributed by atoms with Gasteiger partial charge in [-0.2, -0.15) is 5.26 Å². The summed E-state index contributed by atoms with van der Waals surface area (Å²) in [5.41, 5.74) is 1.91. The number of anilines is 1. The SMILES string of the molecule is Cc1ccc(NS(=O)(=O)c2ccccc2C#N)c(C)n1. The largest absolute Gasteiger partial charge is 0.278 e. The van der Waals surface area contributed by atoms with Crippen molar-refractivity contribution in [2.45, 2.75) is 18.7 Å². The van der Waals surface area contributed by atoms with Crippen LogP contribution < -0.4 is 4.72 Å². The van der Waals surface area contributed by atoms with Gasteiger partial charge in [0.05, 0.1) is 16.9 Å². The summed E-state index contributed by atoms with van der Waals surface area (Å²) < 4.78 is 27.1. The molecule has 0 aliphatic heterocycles. The van der Waals surface area contributed by atoms with Crippen molar-refractivity contribution in [1.82, 2.24) is 4.98 Å². The lowest BCUT2D eigenvalue weighted by atomic mass is 10.2. The molecule has 2 rings (SSSR count). The van der Waals surface area contributed by atoms with E-state index in [1.54, 1.807) is 31.2 Å². The Hall–Kier alpha value is -2.39. The maximum absolute atomic E-state index is 12.3. The summed E-state index contributed by atoms with van der Waals surface area (Å²) >= 11 is 0. The molecular formula is C14H13N3O2S. The molecule has 0 aliphatic rings. The van der Waals surface area contributed by atoms with Crippen LogP contribution in [0.1, 0.15) is 17.0 Å². The van der Waals surface area contributed by atoms with Gasteiger partial charge in [0.25, 0.3) is 10.0 Å². The Morgan fingerprint density at radius 1 is 1.15 bits per heavy atom. The number of rotatable bonds is 3. The summed E-state index contributed by atoms with van der Waals surface area (Å²) in [5.74, 6) is 0. The highest BCUT2D eigenvalue weighted by molar-refractivity contribution is 7.92. The number of nitrogens with zero attached hydrogens (tertiary/aromatic N) is 2. The maximum Gasteiger partial charge on any atom is 0.263 e. The van der Waals surface area contributed by atoms with E-state index in [4.69, 9.17) is 5.26 Å². The van der Waals surface area contributed by atoms with E-state index in [0.29, 0.717) is 11.4 Å². The summed E-state index contributed by atoms with van der Waals surface area (Å²) in [6.07, 6.45) is 0. The first kappa shape index (κ1) is 14.0. The molecule has 1 aromatic carbocycles. The van der Waals surface area contributed by atoms with Crippen molar-refractivity contribution in [2.24, 2.45) is 0 Å². The molecule has 6 heteroatoms. The van der Waals surface area contributed by atoms with Crippen LogP contribution in [0.4, 0.5) is 5.69 Å². The van der Waals surface area contributed by atoms with Crippen molar-refractivity contribution in [3.8, 4) is 6.07 Å². The summed E-state index contributed by atoms with van der Waals surface area (Å²) in [6.45, 7) is 3.55. The lowest BCUT2D eigenvalue weighted by Crippen LogP contribution is -2.15. The summed E-state index contributed by atoms with van der Waals surface area (Å²) in [7, 11) is -3.80. The van der Waals surface area contributed by atoms with Gasteiger partial charge in [-0.1, -0.05) is 12.1 Å². The number of aryl methyl sites for hydroxylation is 2. The van der Waals surface area contributed by atoms with Crippen LogP contribution in [-0.2, 0) is 10.0 Å². The van der Waals surface area contributed by atoms with Crippen molar-refractivity contribution < 1.29 is 8.42 Å². The van der Waals surface area contributed by atoms with Crippen LogP contribution in [0, 0.1) is 25.2 Å². The summed E-state index contributed by atoms with van der Waals surface area (Å²) in [6, 6.07) is 11.3. The molecule has 0 saturated heterocycles. The molecule has 1 heterocycles. The van der Waals surface area contributed by atoms with E-state index in [2.05, 4.69) is 9.71 Å². The van der Waals surface area contributed by atoms with Crippen LogP contribution in [0.2, 0.25) is 0 Å². The van der Waals surface area contributed by atoms with Crippen LogP contribution >= 0.6 is 0 Å². The molecule has 0 aliphatic carbocycles. The molecular weight excluding hydrogens is 274 g/mol. The van der Waals surface area contributed by atoms with Crippen molar-refractivity contribution in [3.05, 3.63) is 53.3 Å². The molecule has 1 aromatic heterocycles. The molecule has 0 radical (unpaired) electrons. The van der Waals surface area contributed by atoms with Gasteiger partial charge in [-0.05, 0) is 38.1 Å². The van der Waals surface area contributed by atoms with Gasteiger partial charge in [0.1, 0.15) is 11.0 Å². The molecule has 0 fully saturated rings. The van der Waals surface area contributed by atoms with Gasteiger partial charge in [0, 0.05) is 5.69 Å². The normalized spacial score (nSPS) is 10.8. The zero-order chi connectivity index (χ0) is 14.8. The molecule has 0 unspecified atom stereocenters. The van der Waals surface area contributed by atoms with E-state index in [-0.39, 0.29) is 10.5 Å². The number of aromatic nitrogens is 1. The second-order valence-corrected chi connectivity index (χ2v) is 5.95. The van der Waals surface area contributed by atoms with Crippen molar-refractivity contribution in [3.63, 3.8) is 0 Å². The molecule has 0 atom stereocenters. The third-order valence-electron chi connectivity index (χ3n) is 2.77. The number of nitriles is 1. The quantitative estimate of drug-likeness (QED) is 0.939. The predicted molar refractivity (Wildman–Crippen MR) is 75.7 cm³/mol. The maximum atomic E-state index is 12.3. The number of nitrogens with one attached hydrogen (secondary N) is 1. The Morgan fingerprint density at radius 2 is 1.85 bits per heavy atom. The van der Waals surface area contributed by atoms with Crippen molar-refractivity contribution >= 4 is 15.7 Å². The van der Waals surface area contributed by atoms with Crippen LogP contribution in [0.25, 0.3) is 0 Å². The highest BCUT2D eigenvalue weighted by Crippen LogP contribution is 2.21. The highest BCUT2D eigenvalue weighted by atomic mass is 32.2. The monoisotopic (exact) mass is 287 g/mol. The molecule has 0 bridgehead atoms.